The SMILES string of the molecule is CCOc1ccc(C(C)NCc2ccncn2)cc1. The first-order chi connectivity index (χ1) is 9.29. The van der Waals surface area contributed by atoms with Gasteiger partial charge in [-0.1, -0.05) is 12.1 Å². The molecule has 2 aromatic rings. The zero-order valence-corrected chi connectivity index (χ0v) is 11.3. The fraction of sp³-hybridized carbons (Fsp3) is 0.333. The van der Waals surface area contributed by atoms with Crippen LogP contribution in [-0.4, -0.2) is 16.6 Å². The van der Waals surface area contributed by atoms with Crippen LogP contribution in [0.2, 0.25) is 0 Å². The van der Waals surface area contributed by atoms with E-state index in [1.54, 1.807) is 12.5 Å². The lowest BCUT2D eigenvalue weighted by Crippen LogP contribution is -2.18. The first kappa shape index (κ1) is 13.5. The van der Waals surface area contributed by atoms with Gasteiger partial charge >= 0.3 is 0 Å². The summed E-state index contributed by atoms with van der Waals surface area (Å²) in [6.45, 7) is 5.55. The molecule has 0 aliphatic heterocycles. The fourth-order valence-corrected chi connectivity index (χ4v) is 1.82. The quantitative estimate of drug-likeness (QED) is 0.864. The van der Waals surface area contributed by atoms with Gasteiger partial charge in [0.15, 0.2) is 0 Å². The second-order valence-corrected chi connectivity index (χ2v) is 4.31. The molecule has 0 aliphatic carbocycles. The molecule has 0 radical (unpaired) electrons. The maximum Gasteiger partial charge on any atom is 0.119 e. The second-order valence-electron chi connectivity index (χ2n) is 4.31. The van der Waals surface area contributed by atoms with Gasteiger partial charge in [-0.15, -0.1) is 0 Å². The van der Waals surface area contributed by atoms with E-state index in [-0.39, 0.29) is 6.04 Å². The number of aromatic nitrogens is 2. The summed E-state index contributed by atoms with van der Waals surface area (Å²) in [6.07, 6.45) is 3.32. The third kappa shape index (κ3) is 4.03. The summed E-state index contributed by atoms with van der Waals surface area (Å²) >= 11 is 0. The number of hydrogen-bond donors (Lipinski definition) is 1. The van der Waals surface area contributed by atoms with Gasteiger partial charge in [0.25, 0.3) is 0 Å². The average Bonchev–Trinajstić information content (AvgIpc) is 2.47. The van der Waals surface area contributed by atoms with E-state index in [1.165, 1.54) is 5.56 Å². The fourth-order valence-electron chi connectivity index (χ4n) is 1.82. The van der Waals surface area contributed by atoms with Crippen LogP contribution in [0.5, 0.6) is 5.75 Å². The molecule has 100 valence electrons. The van der Waals surface area contributed by atoms with Crippen LogP contribution >= 0.6 is 0 Å². The minimum Gasteiger partial charge on any atom is -0.494 e. The summed E-state index contributed by atoms with van der Waals surface area (Å²) in [5.74, 6) is 0.911. The smallest absolute Gasteiger partial charge is 0.119 e. The standard InChI is InChI=1S/C15H19N3O/c1-3-19-15-6-4-13(5-7-15)12(2)17-10-14-8-9-16-11-18-14/h4-9,11-12,17H,3,10H2,1-2H3. The van der Waals surface area contributed by atoms with Crippen molar-refractivity contribution in [3.05, 3.63) is 54.1 Å². The van der Waals surface area contributed by atoms with Gasteiger partial charge in [0, 0.05) is 18.8 Å². The zero-order valence-electron chi connectivity index (χ0n) is 11.3. The van der Waals surface area contributed by atoms with Crippen LogP contribution in [0.25, 0.3) is 0 Å². The summed E-state index contributed by atoms with van der Waals surface area (Å²) in [6, 6.07) is 10.4. The zero-order chi connectivity index (χ0) is 13.5. The minimum absolute atomic E-state index is 0.269. The van der Waals surface area contributed by atoms with E-state index in [1.807, 2.05) is 25.1 Å². The molecule has 0 aliphatic rings. The predicted molar refractivity (Wildman–Crippen MR) is 74.9 cm³/mol. The molecule has 0 bridgehead atoms. The van der Waals surface area contributed by atoms with Gasteiger partial charge in [-0.05, 0) is 37.6 Å². The van der Waals surface area contributed by atoms with E-state index in [4.69, 9.17) is 4.74 Å². The third-order valence-electron chi connectivity index (χ3n) is 2.92. The lowest BCUT2D eigenvalue weighted by molar-refractivity contribution is 0.340. The molecule has 4 nitrogen and oxygen atoms in total. The molecule has 0 saturated heterocycles. The number of rotatable bonds is 6. The van der Waals surface area contributed by atoms with Gasteiger partial charge in [-0.3, -0.25) is 0 Å². The highest BCUT2D eigenvalue weighted by molar-refractivity contribution is 5.28. The molecule has 1 unspecified atom stereocenters. The topological polar surface area (TPSA) is 47.0 Å². The van der Waals surface area contributed by atoms with E-state index in [0.717, 1.165) is 18.0 Å². The number of ether oxygens (including phenoxy) is 1. The Morgan fingerprint density at radius 3 is 2.63 bits per heavy atom. The van der Waals surface area contributed by atoms with Gasteiger partial charge in [-0.2, -0.15) is 0 Å². The van der Waals surface area contributed by atoms with Crippen molar-refractivity contribution in [2.45, 2.75) is 26.4 Å². The Kier molecular flexibility index (Phi) is 4.86. The molecule has 0 saturated carbocycles. The largest absolute Gasteiger partial charge is 0.494 e. The summed E-state index contributed by atoms with van der Waals surface area (Å²) in [4.78, 5) is 8.09. The lowest BCUT2D eigenvalue weighted by atomic mass is 10.1. The van der Waals surface area contributed by atoms with E-state index in [0.29, 0.717) is 6.61 Å². The van der Waals surface area contributed by atoms with Gasteiger partial charge in [-0.25, -0.2) is 9.97 Å². The summed E-state index contributed by atoms with van der Waals surface area (Å²) < 4.78 is 5.43. The number of hydrogen-bond acceptors (Lipinski definition) is 4. The van der Waals surface area contributed by atoms with E-state index < -0.39 is 0 Å². The molecular weight excluding hydrogens is 238 g/mol. The number of nitrogens with zero attached hydrogens (tertiary/aromatic N) is 2. The van der Waals surface area contributed by atoms with Crippen LogP contribution in [0.3, 0.4) is 0 Å². The Morgan fingerprint density at radius 1 is 1.21 bits per heavy atom. The Labute approximate surface area is 113 Å². The molecule has 0 amide bonds. The van der Waals surface area contributed by atoms with Crippen LogP contribution in [0.15, 0.2) is 42.9 Å². The molecular formula is C15H19N3O. The van der Waals surface area contributed by atoms with Crippen LogP contribution in [0.4, 0.5) is 0 Å². The van der Waals surface area contributed by atoms with Gasteiger partial charge in [0.05, 0.1) is 12.3 Å². The van der Waals surface area contributed by atoms with E-state index in [2.05, 4.69) is 34.3 Å². The van der Waals surface area contributed by atoms with Crippen LogP contribution < -0.4 is 10.1 Å². The highest BCUT2D eigenvalue weighted by atomic mass is 16.5. The van der Waals surface area contributed by atoms with Crippen molar-refractivity contribution in [2.24, 2.45) is 0 Å². The van der Waals surface area contributed by atoms with E-state index in [9.17, 15) is 0 Å². The highest BCUT2D eigenvalue weighted by Gasteiger charge is 2.05. The molecule has 1 heterocycles. The Balaban J connectivity index is 1.90. The van der Waals surface area contributed by atoms with Crippen LogP contribution in [0, 0.1) is 0 Å². The monoisotopic (exact) mass is 257 g/mol. The predicted octanol–water partition coefficient (Wildman–Crippen LogP) is 2.73. The molecule has 1 aromatic heterocycles. The highest BCUT2D eigenvalue weighted by Crippen LogP contribution is 2.17. The summed E-state index contributed by atoms with van der Waals surface area (Å²) in [5, 5.41) is 3.44. The molecule has 1 aromatic carbocycles. The van der Waals surface area contributed by atoms with Gasteiger partial charge in [0.1, 0.15) is 12.1 Å². The molecule has 0 spiro atoms. The molecule has 1 atom stereocenters. The Bertz CT molecular complexity index is 485. The Hall–Kier alpha value is -1.94. The normalized spacial score (nSPS) is 12.1. The Morgan fingerprint density at radius 2 is 2.00 bits per heavy atom. The lowest BCUT2D eigenvalue weighted by Gasteiger charge is -2.14. The minimum atomic E-state index is 0.269. The van der Waals surface area contributed by atoms with Crippen molar-refractivity contribution in [3.8, 4) is 5.75 Å². The van der Waals surface area contributed by atoms with Crippen molar-refractivity contribution in [1.82, 2.24) is 15.3 Å². The van der Waals surface area contributed by atoms with Crippen molar-refractivity contribution in [1.29, 1.82) is 0 Å². The number of benzene rings is 1. The molecule has 19 heavy (non-hydrogen) atoms. The van der Waals surface area contributed by atoms with Crippen LogP contribution in [-0.2, 0) is 6.54 Å². The van der Waals surface area contributed by atoms with E-state index >= 15 is 0 Å². The third-order valence-corrected chi connectivity index (χ3v) is 2.92. The summed E-state index contributed by atoms with van der Waals surface area (Å²) in [7, 11) is 0. The van der Waals surface area contributed by atoms with Crippen molar-refractivity contribution in [3.63, 3.8) is 0 Å². The second kappa shape index (κ2) is 6.85. The van der Waals surface area contributed by atoms with Crippen molar-refractivity contribution < 1.29 is 4.74 Å². The van der Waals surface area contributed by atoms with Crippen molar-refractivity contribution in [2.75, 3.05) is 6.61 Å². The number of nitrogens with one attached hydrogen (secondary N) is 1. The average molecular weight is 257 g/mol. The first-order valence-electron chi connectivity index (χ1n) is 6.50. The first-order valence-corrected chi connectivity index (χ1v) is 6.50. The molecule has 1 N–H and O–H groups in total. The van der Waals surface area contributed by atoms with Crippen molar-refractivity contribution >= 4 is 0 Å². The maximum atomic E-state index is 5.43. The summed E-state index contributed by atoms with van der Waals surface area (Å²) in [5.41, 5.74) is 2.23. The molecule has 4 heteroatoms. The maximum absolute atomic E-state index is 5.43. The van der Waals surface area contributed by atoms with Gasteiger partial charge < -0.3 is 10.1 Å². The van der Waals surface area contributed by atoms with Crippen LogP contribution in [0.1, 0.15) is 31.1 Å². The molecule has 0 fully saturated rings. The van der Waals surface area contributed by atoms with Gasteiger partial charge in [0.2, 0.25) is 0 Å². The molecule has 2 rings (SSSR count).